The van der Waals surface area contributed by atoms with Gasteiger partial charge < -0.3 is 9.84 Å². The van der Waals surface area contributed by atoms with Crippen LogP contribution in [0.5, 0.6) is 11.5 Å². The van der Waals surface area contributed by atoms with Crippen LogP contribution < -0.4 is 19.6 Å². The lowest BCUT2D eigenvalue weighted by molar-refractivity contribution is 0.373. The van der Waals surface area contributed by atoms with Crippen LogP contribution in [0.3, 0.4) is 0 Å². The normalized spacial score (nSPS) is 16.9. The highest BCUT2D eigenvalue weighted by molar-refractivity contribution is 7.07. The van der Waals surface area contributed by atoms with E-state index < -0.39 is 0 Å². The molecule has 6 rings (SSSR count). The lowest BCUT2D eigenvalue weighted by atomic mass is 9.83. The minimum Gasteiger partial charge on any atom is -0.504 e. The molecule has 0 amide bonds. The van der Waals surface area contributed by atoms with E-state index in [0.717, 1.165) is 40.8 Å². The molecule has 1 aliphatic carbocycles. The Kier molecular flexibility index (Phi) is 5.15. The average Bonchev–Trinajstić information content (AvgIpc) is 3.19. The maximum atomic E-state index is 13.8. The second-order valence-corrected chi connectivity index (χ2v) is 9.61. The topological polar surface area (TPSA) is 63.8 Å². The second kappa shape index (κ2) is 8.36. The highest BCUT2D eigenvalue weighted by atomic mass is 32.1. The van der Waals surface area contributed by atoms with Crippen molar-refractivity contribution in [3.63, 3.8) is 0 Å². The van der Waals surface area contributed by atoms with E-state index in [-0.39, 0.29) is 23.2 Å². The lowest BCUT2D eigenvalue weighted by Crippen LogP contribution is -2.38. The molecular weight excluding hydrogens is 463 g/mol. The molecule has 1 unspecified atom stereocenters. The number of hydrogen-bond acceptors (Lipinski definition) is 5. The standard InChI is InChI=1S/C28H21FN2O3S/c1-34-23-14-16(6-13-22(23)32)15-24-27(33)31-26(18-7-10-19(29)11-8-18)21-12-9-17-4-2-3-5-20(17)25(21)30-28(31)35-24/h2-8,10-11,13-15,26,32H,9,12H2,1H3. The molecule has 174 valence electrons. The molecule has 0 radical (unpaired) electrons. The first-order valence-corrected chi connectivity index (χ1v) is 12.1. The number of halogens is 1. The van der Waals surface area contributed by atoms with Gasteiger partial charge in [0.25, 0.3) is 5.56 Å². The van der Waals surface area contributed by atoms with Gasteiger partial charge in [-0.25, -0.2) is 9.38 Å². The van der Waals surface area contributed by atoms with Gasteiger partial charge in [0.15, 0.2) is 16.3 Å². The van der Waals surface area contributed by atoms with Gasteiger partial charge in [-0.15, -0.1) is 0 Å². The van der Waals surface area contributed by atoms with E-state index in [1.54, 1.807) is 41.0 Å². The summed E-state index contributed by atoms with van der Waals surface area (Å²) in [7, 11) is 1.48. The highest BCUT2D eigenvalue weighted by Crippen LogP contribution is 2.41. The number of aromatic hydroxyl groups is 1. The van der Waals surface area contributed by atoms with Crippen LogP contribution >= 0.6 is 11.3 Å². The summed E-state index contributed by atoms with van der Waals surface area (Å²) >= 11 is 1.32. The fraction of sp³-hybridized carbons (Fsp3) is 0.143. The molecule has 0 bridgehead atoms. The maximum absolute atomic E-state index is 13.8. The summed E-state index contributed by atoms with van der Waals surface area (Å²) < 4.78 is 21.2. The third-order valence-corrected chi connectivity index (χ3v) is 7.54. The zero-order valence-electron chi connectivity index (χ0n) is 18.9. The molecule has 4 aromatic rings. The second-order valence-electron chi connectivity index (χ2n) is 8.60. The van der Waals surface area contributed by atoms with Gasteiger partial charge in [-0.05, 0) is 65.4 Å². The minimum atomic E-state index is -0.355. The monoisotopic (exact) mass is 484 g/mol. The van der Waals surface area contributed by atoms with Crippen molar-refractivity contribution in [3.8, 4) is 11.5 Å². The average molecular weight is 485 g/mol. The third-order valence-electron chi connectivity index (χ3n) is 6.56. The zero-order valence-corrected chi connectivity index (χ0v) is 19.7. The molecular formula is C28H21FN2O3S. The predicted molar refractivity (Wildman–Crippen MR) is 134 cm³/mol. The minimum absolute atomic E-state index is 0.0359. The Morgan fingerprint density at radius 2 is 1.91 bits per heavy atom. The third kappa shape index (κ3) is 3.59. The molecule has 2 aliphatic rings. The summed E-state index contributed by atoms with van der Waals surface area (Å²) in [6, 6.07) is 19.2. The fourth-order valence-corrected chi connectivity index (χ4v) is 5.90. The van der Waals surface area contributed by atoms with Crippen LogP contribution in [0.1, 0.15) is 34.7 Å². The van der Waals surface area contributed by atoms with E-state index in [4.69, 9.17) is 9.73 Å². The zero-order chi connectivity index (χ0) is 24.1. The Morgan fingerprint density at radius 3 is 2.71 bits per heavy atom. The number of benzene rings is 3. The molecule has 3 aromatic carbocycles. The van der Waals surface area contributed by atoms with Crippen molar-refractivity contribution < 1.29 is 14.2 Å². The number of ether oxygens (including phenoxy) is 1. The van der Waals surface area contributed by atoms with E-state index in [1.807, 2.05) is 12.1 Å². The number of methoxy groups -OCH3 is 1. The smallest absolute Gasteiger partial charge is 0.271 e. The van der Waals surface area contributed by atoms with E-state index >= 15 is 0 Å². The number of nitrogens with zero attached hydrogens (tertiary/aromatic N) is 2. The molecule has 7 heteroatoms. The Balaban J connectivity index is 1.60. The number of rotatable bonds is 3. The summed E-state index contributed by atoms with van der Waals surface area (Å²) in [5, 5.41) is 9.92. The van der Waals surface area contributed by atoms with Crippen molar-refractivity contribution in [2.75, 3.05) is 7.11 Å². The van der Waals surface area contributed by atoms with E-state index in [1.165, 1.54) is 36.1 Å². The van der Waals surface area contributed by atoms with Gasteiger partial charge in [-0.3, -0.25) is 9.36 Å². The van der Waals surface area contributed by atoms with Gasteiger partial charge in [-0.2, -0.15) is 0 Å². The van der Waals surface area contributed by atoms with Crippen molar-refractivity contribution in [1.82, 2.24) is 4.57 Å². The number of thiazole rings is 1. The first-order chi connectivity index (χ1) is 17.0. The number of phenols is 1. The molecule has 1 aliphatic heterocycles. The predicted octanol–water partition coefficient (Wildman–Crippen LogP) is 4.17. The van der Waals surface area contributed by atoms with Crippen LogP contribution in [0.15, 0.2) is 82.1 Å². The van der Waals surface area contributed by atoms with Crippen LogP contribution in [0, 0.1) is 5.82 Å². The van der Waals surface area contributed by atoms with Crippen molar-refractivity contribution in [2.45, 2.75) is 18.9 Å². The number of allylic oxidation sites excluding steroid dienone is 1. The molecule has 0 fully saturated rings. The van der Waals surface area contributed by atoms with Crippen molar-refractivity contribution in [3.05, 3.63) is 120 Å². The Bertz CT molecular complexity index is 1680. The van der Waals surface area contributed by atoms with Crippen LogP contribution in [0.25, 0.3) is 11.8 Å². The number of aryl methyl sites for hydroxylation is 1. The van der Waals surface area contributed by atoms with Gasteiger partial charge >= 0.3 is 0 Å². The Labute approximate surface area is 204 Å². The molecule has 0 saturated carbocycles. The summed E-state index contributed by atoms with van der Waals surface area (Å²) in [5.41, 5.74) is 5.73. The molecule has 0 saturated heterocycles. The van der Waals surface area contributed by atoms with Gasteiger partial charge in [0.1, 0.15) is 5.82 Å². The van der Waals surface area contributed by atoms with Gasteiger partial charge in [0.05, 0.1) is 23.4 Å². The summed E-state index contributed by atoms with van der Waals surface area (Å²) in [6.07, 6.45) is 3.42. The lowest BCUT2D eigenvalue weighted by Gasteiger charge is -2.30. The van der Waals surface area contributed by atoms with Crippen LogP contribution in [0.2, 0.25) is 0 Å². The maximum Gasteiger partial charge on any atom is 0.271 e. The first-order valence-electron chi connectivity index (χ1n) is 11.3. The van der Waals surface area contributed by atoms with Gasteiger partial charge in [0.2, 0.25) is 0 Å². The van der Waals surface area contributed by atoms with E-state index in [9.17, 15) is 14.3 Å². The SMILES string of the molecule is COc1cc(C=c2sc3n(c2=O)C(c2ccc(F)cc2)C2=C(N=3)c3ccccc3CC2)ccc1O. The Hall–Kier alpha value is -3.97. The molecule has 1 atom stereocenters. The van der Waals surface area contributed by atoms with Crippen molar-refractivity contribution in [1.29, 1.82) is 0 Å². The summed E-state index contributed by atoms with van der Waals surface area (Å²) in [5.74, 6) is 0.0576. The van der Waals surface area contributed by atoms with Crippen molar-refractivity contribution >= 4 is 23.1 Å². The molecule has 1 aromatic heterocycles. The number of phenolic OH excluding ortho intramolecular Hbond substituents is 1. The first kappa shape index (κ1) is 21.6. The number of aromatic nitrogens is 1. The van der Waals surface area contributed by atoms with Crippen LogP contribution in [0.4, 0.5) is 4.39 Å². The van der Waals surface area contributed by atoms with E-state index in [0.29, 0.717) is 15.1 Å². The van der Waals surface area contributed by atoms with Gasteiger partial charge in [-0.1, -0.05) is 53.8 Å². The fourth-order valence-electron chi connectivity index (χ4n) is 4.90. The Morgan fingerprint density at radius 1 is 1.11 bits per heavy atom. The van der Waals surface area contributed by atoms with Crippen molar-refractivity contribution in [2.24, 2.45) is 4.99 Å². The largest absolute Gasteiger partial charge is 0.504 e. The summed E-state index contributed by atoms with van der Waals surface area (Å²) in [4.78, 5) is 19.3. The molecule has 2 heterocycles. The number of fused-ring (bicyclic) bond motifs is 3. The molecule has 0 spiro atoms. The summed E-state index contributed by atoms with van der Waals surface area (Å²) in [6.45, 7) is 0. The van der Waals surface area contributed by atoms with Crippen LogP contribution in [-0.4, -0.2) is 16.8 Å². The van der Waals surface area contributed by atoms with Crippen LogP contribution in [-0.2, 0) is 6.42 Å². The molecule has 35 heavy (non-hydrogen) atoms. The van der Waals surface area contributed by atoms with Gasteiger partial charge in [0, 0.05) is 5.56 Å². The van der Waals surface area contributed by atoms with E-state index in [2.05, 4.69) is 12.1 Å². The molecule has 1 N–H and O–H groups in total. The quantitative estimate of drug-likeness (QED) is 0.475. The highest BCUT2D eigenvalue weighted by Gasteiger charge is 2.32. The number of hydrogen-bond donors (Lipinski definition) is 1. The molecule has 5 nitrogen and oxygen atoms in total.